The van der Waals surface area contributed by atoms with Crippen LogP contribution >= 0.6 is 15.9 Å². The van der Waals surface area contributed by atoms with Gasteiger partial charge in [-0.25, -0.2) is 4.79 Å². The fourth-order valence-corrected chi connectivity index (χ4v) is 4.36. The summed E-state index contributed by atoms with van der Waals surface area (Å²) in [6, 6.07) is 33.8. The second kappa shape index (κ2) is 9.51. The second-order valence-corrected chi connectivity index (χ2v) is 8.75. The van der Waals surface area contributed by atoms with Crippen LogP contribution in [-0.4, -0.2) is 12.7 Å². The topological polar surface area (TPSA) is 38.8 Å². The summed E-state index contributed by atoms with van der Waals surface area (Å²) in [6.07, 6.45) is -0.357. The number of halogens is 1. The summed E-state index contributed by atoms with van der Waals surface area (Å²) in [4.78, 5) is 14.4. The standard InChI is InChI=1S/C28H22BrNO3/c29-23-13-16-25(27(17-23)32-18-20-7-3-1-4-8-20)26-19-33-28(31)30(26)24-14-11-22(12-15-24)21-9-5-2-6-10-21/h1-17,26H,18-19H2. The van der Waals surface area contributed by atoms with Crippen molar-refractivity contribution in [2.45, 2.75) is 12.6 Å². The molecule has 1 heterocycles. The molecule has 0 aromatic heterocycles. The SMILES string of the molecule is O=C1OCC(c2ccc(Br)cc2OCc2ccccc2)N1c1ccc(-c2ccccc2)cc1. The van der Waals surface area contributed by atoms with Crippen molar-refractivity contribution in [1.82, 2.24) is 0 Å². The Labute approximate surface area is 201 Å². The number of carbonyl (C=O) groups excluding carboxylic acids is 1. The smallest absolute Gasteiger partial charge is 0.415 e. The lowest BCUT2D eigenvalue weighted by Crippen LogP contribution is -2.27. The lowest BCUT2D eigenvalue weighted by Gasteiger charge is -2.24. The third-order valence-electron chi connectivity index (χ3n) is 5.70. The highest BCUT2D eigenvalue weighted by atomic mass is 79.9. The van der Waals surface area contributed by atoms with E-state index in [4.69, 9.17) is 9.47 Å². The van der Waals surface area contributed by atoms with E-state index >= 15 is 0 Å². The molecule has 1 amide bonds. The number of amides is 1. The minimum Gasteiger partial charge on any atom is -0.488 e. The van der Waals surface area contributed by atoms with Gasteiger partial charge in [-0.3, -0.25) is 4.90 Å². The van der Waals surface area contributed by atoms with E-state index in [9.17, 15) is 4.79 Å². The average molecular weight is 500 g/mol. The number of ether oxygens (including phenoxy) is 2. The van der Waals surface area contributed by atoms with Crippen molar-refractivity contribution in [2.75, 3.05) is 11.5 Å². The maximum atomic E-state index is 12.7. The van der Waals surface area contributed by atoms with E-state index in [0.717, 1.165) is 38.2 Å². The molecule has 1 atom stereocenters. The number of anilines is 1. The molecule has 1 aliphatic heterocycles. The van der Waals surface area contributed by atoms with Gasteiger partial charge in [0, 0.05) is 15.7 Å². The summed E-state index contributed by atoms with van der Waals surface area (Å²) in [5.74, 6) is 0.724. The molecule has 4 aromatic carbocycles. The molecule has 5 heteroatoms. The highest BCUT2D eigenvalue weighted by molar-refractivity contribution is 9.10. The fourth-order valence-electron chi connectivity index (χ4n) is 4.02. The van der Waals surface area contributed by atoms with Gasteiger partial charge in [0.2, 0.25) is 0 Å². The monoisotopic (exact) mass is 499 g/mol. The van der Waals surface area contributed by atoms with E-state index in [2.05, 4.69) is 28.1 Å². The Bertz CT molecular complexity index is 1240. The molecule has 1 fully saturated rings. The van der Waals surface area contributed by atoms with Gasteiger partial charge in [-0.2, -0.15) is 0 Å². The molecular formula is C28H22BrNO3. The van der Waals surface area contributed by atoms with Gasteiger partial charge in [0.25, 0.3) is 0 Å². The minimum absolute atomic E-state index is 0.266. The van der Waals surface area contributed by atoms with E-state index in [1.807, 2.05) is 91.0 Å². The molecule has 1 aliphatic rings. The largest absolute Gasteiger partial charge is 0.488 e. The van der Waals surface area contributed by atoms with Crippen LogP contribution in [0.2, 0.25) is 0 Å². The van der Waals surface area contributed by atoms with Crippen LogP contribution < -0.4 is 9.64 Å². The molecule has 164 valence electrons. The summed E-state index contributed by atoms with van der Waals surface area (Å²) in [5, 5.41) is 0. The van der Waals surface area contributed by atoms with E-state index in [-0.39, 0.29) is 18.7 Å². The molecule has 5 rings (SSSR count). The van der Waals surface area contributed by atoms with Crippen LogP contribution in [0.4, 0.5) is 10.5 Å². The first-order chi connectivity index (χ1) is 16.2. The fraction of sp³-hybridized carbons (Fsp3) is 0.107. The zero-order valence-corrected chi connectivity index (χ0v) is 19.4. The summed E-state index contributed by atoms with van der Waals surface area (Å²) in [7, 11) is 0. The van der Waals surface area contributed by atoms with Crippen molar-refractivity contribution >= 4 is 27.7 Å². The molecule has 0 aliphatic carbocycles. The van der Waals surface area contributed by atoms with Crippen LogP contribution in [-0.2, 0) is 11.3 Å². The van der Waals surface area contributed by atoms with Gasteiger partial charge >= 0.3 is 6.09 Å². The van der Waals surface area contributed by atoms with Crippen LogP contribution in [0.15, 0.2) is 108 Å². The number of rotatable bonds is 6. The average Bonchev–Trinajstić information content (AvgIpc) is 3.25. The van der Waals surface area contributed by atoms with Crippen molar-refractivity contribution in [3.05, 3.63) is 119 Å². The highest BCUT2D eigenvalue weighted by Crippen LogP contribution is 2.39. The summed E-state index contributed by atoms with van der Waals surface area (Å²) in [6.45, 7) is 0.709. The molecule has 4 aromatic rings. The summed E-state index contributed by atoms with van der Waals surface area (Å²) in [5.41, 5.74) is 5.01. The van der Waals surface area contributed by atoms with Crippen LogP contribution in [0.3, 0.4) is 0 Å². The zero-order valence-electron chi connectivity index (χ0n) is 17.9. The summed E-state index contributed by atoms with van der Waals surface area (Å²) >= 11 is 3.54. The normalized spacial score (nSPS) is 15.4. The molecule has 0 saturated carbocycles. The van der Waals surface area contributed by atoms with Gasteiger partial charge in [-0.05, 0) is 41.0 Å². The van der Waals surface area contributed by atoms with E-state index in [1.165, 1.54) is 0 Å². The zero-order chi connectivity index (χ0) is 22.6. The van der Waals surface area contributed by atoms with Gasteiger partial charge in [0.15, 0.2) is 0 Å². The molecular weight excluding hydrogens is 478 g/mol. The first-order valence-electron chi connectivity index (χ1n) is 10.8. The van der Waals surface area contributed by atoms with Gasteiger partial charge < -0.3 is 9.47 Å². The number of hydrogen-bond donors (Lipinski definition) is 0. The minimum atomic E-state index is -0.357. The quantitative estimate of drug-likeness (QED) is 0.277. The molecule has 4 nitrogen and oxygen atoms in total. The predicted octanol–water partition coefficient (Wildman–Crippen LogP) is 7.39. The van der Waals surface area contributed by atoms with Crippen molar-refractivity contribution in [3.63, 3.8) is 0 Å². The Kier molecular flexibility index (Phi) is 6.13. The Balaban J connectivity index is 1.43. The number of benzene rings is 4. The van der Waals surface area contributed by atoms with Crippen molar-refractivity contribution < 1.29 is 14.3 Å². The number of hydrogen-bond acceptors (Lipinski definition) is 3. The Hall–Kier alpha value is -3.57. The third kappa shape index (κ3) is 4.64. The maximum absolute atomic E-state index is 12.7. The Morgan fingerprint density at radius 2 is 1.52 bits per heavy atom. The van der Waals surface area contributed by atoms with E-state index < -0.39 is 0 Å². The molecule has 1 unspecified atom stereocenters. The van der Waals surface area contributed by atoms with E-state index in [0.29, 0.717) is 6.61 Å². The highest BCUT2D eigenvalue weighted by Gasteiger charge is 2.37. The van der Waals surface area contributed by atoms with Crippen molar-refractivity contribution in [2.24, 2.45) is 0 Å². The van der Waals surface area contributed by atoms with E-state index in [1.54, 1.807) is 4.90 Å². The molecule has 0 bridgehead atoms. The van der Waals surface area contributed by atoms with Gasteiger partial charge in [-0.1, -0.05) is 94.8 Å². The Morgan fingerprint density at radius 3 is 2.24 bits per heavy atom. The first-order valence-corrected chi connectivity index (χ1v) is 11.6. The van der Waals surface area contributed by atoms with Crippen molar-refractivity contribution in [1.29, 1.82) is 0 Å². The molecule has 0 N–H and O–H groups in total. The van der Waals surface area contributed by atoms with Crippen LogP contribution in [0.5, 0.6) is 5.75 Å². The van der Waals surface area contributed by atoms with Gasteiger partial charge in [0.1, 0.15) is 25.0 Å². The number of cyclic esters (lactones) is 1. The van der Waals surface area contributed by atoms with Crippen LogP contribution in [0, 0.1) is 0 Å². The Morgan fingerprint density at radius 1 is 0.848 bits per heavy atom. The lowest BCUT2D eigenvalue weighted by atomic mass is 10.0. The third-order valence-corrected chi connectivity index (χ3v) is 6.19. The summed E-state index contributed by atoms with van der Waals surface area (Å²) < 4.78 is 12.6. The number of carbonyl (C=O) groups is 1. The van der Waals surface area contributed by atoms with Crippen LogP contribution in [0.25, 0.3) is 11.1 Å². The predicted molar refractivity (Wildman–Crippen MR) is 133 cm³/mol. The number of nitrogens with zero attached hydrogens (tertiary/aromatic N) is 1. The molecule has 1 saturated heterocycles. The lowest BCUT2D eigenvalue weighted by molar-refractivity contribution is 0.178. The molecule has 33 heavy (non-hydrogen) atoms. The van der Waals surface area contributed by atoms with Gasteiger partial charge in [-0.15, -0.1) is 0 Å². The first kappa shape index (κ1) is 21.3. The second-order valence-electron chi connectivity index (χ2n) is 7.83. The maximum Gasteiger partial charge on any atom is 0.415 e. The van der Waals surface area contributed by atoms with Crippen molar-refractivity contribution in [3.8, 4) is 16.9 Å². The van der Waals surface area contributed by atoms with Crippen LogP contribution in [0.1, 0.15) is 17.2 Å². The molecule has 0 radical (unpaired) electrons. The van der Waals surface area contributed by atoms with Gasteiger partial charge in [0.05, 0.1) is 0 Å². The molecule has 0 spiro atoms.